The summed E-state index contributed by atoms with van der Waals surface area (Å²) in [6, 6.07) is 1.44. The van der Waals surface area contributed by atoms with Crippen molar-refractivity contribution in [2.45, 2.75) is 26.7 Å². The summed E-state index contributed by atoms with van der Waals surface area (Å²) in [5.41, 5.74) is 0.645. The average molecular weight is 372 g/mol. The minimum Gasteiger partial charge on any atom is -0.452 e. The molecule has 128 valence electrons. The van der Waals surface area contributed by atoms with Crippen LogP contribution < -0.4 is 5.32 Å². The van der Waals surface area contributed by atoms with E-state index in [9.17, 15) is 9.59 Å². The molecule has 1 amide bonds. The van der Waals surface area contributed by atoms with Crippen molar-refractivity contribution in [3.05, 3.63) is 39.3 Å². The lowest BCUT2D eigenvalue weighted by molar-refractivity contribution is -0.119. The van der Waals surface area contributed by atoms with E-state index in [1.165, 1.54) is 12.3 Å². The molecule has 0 bridgehead atoms. The van der Waals surface area contributed by atoms with E-state index in [1.54, 1.807) is 6.92 Å². The molecule has 0 aromatic carbocycles. The Hall–Kier alpha value is -2.12. The van der Waals surface area contributed by atoms with Gasteiger partial charge in [0.05, 0.1) is 15.7 Å². The summed E-state index contributed by atoms with van der Waals surface area (Å²) in [4.78, 5) is 27.9. The predicted molar refractivity (Wildman–Crippen MR) is 88.5 cm³/mol. The van der Waals surface area contributed by atoms with Crippen LogP contribution in [0.4, 0.5) is 5.82 Å². The number of halogens is 2. The van der Waals surface area contributed by atoms with Crippen LogP contribution in [0, 0.1) is 6.92 Å². The number of aryl methyl sites for hydroxylation is 1. The summed E-state index contributed by atoms with van der Waals surface area (Å²) >= 11 is 11.6. The average Bonchev–Trinajstić information content (AvgIpc) is 2.90. The Kier molecular flexibility index (Phi) is 5.80. The zero-order valence-electron chi connectivity index (χ0n) is 13.2. The first-order chi connectivity index (χ1) is 11.3. The highest BCUT2D eigenvalue weighted by molar-refractivity contribution is 6.36. The molecule has 7 nitrogen and oxygen atoms in total. The summed E-state index contributed by atoms with van der Waals surface area (Å²) in [6.07, 6.45) is 1.34. The molecular formula is C15H15Cl2N3O4. The lowest BCUT2D eigenvalue weighted by Gasteiger charge is -2.08. The van der Waals surface area contributed by atoms with Gasteiger partial charge in [0.15, 0.2) is 18.2 Å². The van der Waals surface area contributed by atoms with Gasteiger partial charge in [0.25, 0.3) is 5.91 Å². The van der Waals surface area contributed by atoms with E-state index in [4.69, 9.17) is 32.5 Å². The van der Waals surface area contributed by atoms with Crippen LogP contribution in [0.25, 0.3) is 0 Å². The number of hydrogen-bond donors (Lipinski definition) is 1. The third-order valence-corrected chi connectivity index (χ3v) is 3.51. The number of ether oxygens (including phenoxy) is 1. The van der Waals surface area contributed by atoms with E-state index in [2.05, 4.69) is 15.5 Å². The van der Waals surface area contributed by atoms with Crippen LogP contribution in [0.5, 0.6) is 0 Å². The van der Waals surface area contributed by atoms with Crippen molar-refractivity contribution < 1.29 is 18.8 Å². The third kappa shape index (κ3) is 4.24. The zero-order valence-corrected chi connectivity index (χ0v) is 14.7. The van der Waals surface area contributed by atoms with Crippen LogP contribution in [0.2, 0.25) is 10.0 Å². The Bertz CT molecular complexity index is 774. The van der Waals surface area contributed by atoms with Crippen molar-refractivity contribution in [1.29, 1.82) is 0 Å². The number of aromatic nitrogens is 2. The van der Waals surface area contributed by atoms with E-state index >= 15 is 0 Å². The second-order valence-corrected chi connectivity index (χ2v) is 6.11. The number of anilines is 1. The van der Waals surface area contributed by atoms with Crippen LogP contribution in [0.15, 0.2) is 16.8 Å². The van der Waals surface area contributed by atoms with Crippen molar-refractivity contribution >= 4 is 40.9 Å². The summed E-state index contributed by atoms with van der Waals surface area (Å²) in [5.74, 6) is -0.755. The molecule has 0 unspecified atom stereocenters. The second kappa shape index (κ2) is 7.63. The van der Waals surface area contributed by atoms with Gasteiger partial charge in [-0.05, 0) is 13.0 Å². The molecule has 0 atom stereocenters. The van der Waals surface area contributed by atoms with Crippen molar-refractivity contribution in [3.8, 4) is 0 Å². The fraction of sp³-hybridized carbons (Fsp3) is 0.333. The maximum Gasteiger partial charge on any atom is 0.344 e. The summed E-state index contributed by atoms with van der Waals surface area (Å²) in [6.45, 7) is 4.85. The molecule has 1 N–H and O–H groups in total. The quantitative estimate of drug-likeness (QED) is 0.806. The molecule has 0 aliphatic heterocycles. The molecular weight excluding hydrogens is 357 g/mol. The van der Waals surface area contributed by atoms with Crippen LogP contribution in [-0.2, 0) is 9.53 Å². The largest absolute Gasteiger partial charge is 0.452 e. The highest BCUT2D eigenvalue weighted by Crippen LogP contribution is 2.24. The first kappa shape index (κ1) is 18.2. The summed E-state index contributed by atoms with van der Waals surface area (Å²) in [7, 11) is 0. The fourth-order valence-corrected chi connectivity index (χ4v) is 2.33. The van der Waals surface area contributed by atoms with E-state index in [0.29, 0.717) is 16.5 Å². The van der Waals surface area contributed by atoms with Crippen molar-refractivity contribution in [2.24, 2.45) is 0 Å². The van der Waals surface area contributed by atoms with Gasteiger partial charge in [0.1, 0.15) is 5.56 Å². The molecule has 0 fully saturated rings. The number of carbonyl (C=O) groups is 2. The molecule has 0 aliphatic rings. The van der Waals surface area contributed by atoms with Crippen LogP contribution in [0.1, 0.15) is 41.6 Å². The lowest BCUT2D eigenvalue weighted by atomic mass is 10.1. The number of esters is 1. The first-order valence-corrected chi connectivity index (χ1v) is 7.79. The maximum absolute atomic E-state index is 12.2. The number of amides is 1. The fourth-order valence-electron chi connectivity index (χ4n) is 1.91. The van der Waals surface area contributed by atoms with Gasteiger partial charge in [-0.1, -0.05) is 42.2 Å². The van der Waals surface area contributed by atoms with Gasteiger partial charge < -0.3 is 14.6 Å². The Balaban J connectivity index is 1.99. The molecule has 9 heteroatoms. The molecule has 0 saturated heterocycles. The summed E-state index contributed by atoms with van der Waals surface area (Å²) in [5, 5.41) is 6.71. The van der Waals surface area contributed by atoms with Gasteiger partial charge in [0, 0.05) is 12.1 Å². The first-order valence-electron chi connectivity index (χ1n) is 7.03. The van der Waals surface area contributed by atoms with Gasteiger partial charge in [-0.3, -0.25) is 4.79 Å². The van der Waals surface area contributed by atoms with E-state index < -0.39 is 18.5 Å². The highest BCUT2D eigenvalue weighted by Gasteiger charge is 2.24. The van der Waals surface area contributed by atoms with Crippen LogP contribution in [-0.4, -0.2) is 28.6 Å². The van der Waals surface area contributed by atoms with Gasteiger partial charge in [-0.2, -0.15) is 0 Å². The van der Waals surface area contributed by atoms with Crippen molar-refractivity contribution in [1.82, 2.24) is 10.1 Å². The standard InChI is InChI=1S/C15H15Cl2N3O4/c1-7(2)13-12(8(3)20-24-13)15(22)23-6-11(21)19-14-10(17)4-9(16)5-18-14/h4-5,7H,6H2,1-3H3,(H,18,19,21). The summed E-state index contributed by atoms with van der Waals surface area (Å²) < 4.78 is 10.1. The number of nitrogens with one attached hydrogen (secondary N) is 1. The lowest BCUT2D eigenvalue weighted by Crippen LogP contribution is -2.22. The molecule has 0 saturated carbocycles. The van der Waals surface area contributed by atoms with Crippen LogP contribution >= 0.6 is 23.2 Å². The third-order valence-electron chi connectivity index (χ3n) is 3.02. The molecule has 2 rings (SSSR count). The molecule has 0 spiro atoms. The molecule has 0 radical (unpaired) electrons. The SMILES string of the molecule is Cc1noc(C(C)C)c1C(=O)OCC(=O)Nc1ncc(Cl)cc1Cl. The monoisotopic (exact) mass is 371 g/mol. The van der Waals surface area contributed by atoms with Crippen molar-refractivity contribution in [2.75, 3.05) is 11.9 Å². The number of rotatable bonds is 5. The molecule has 24 heavy (non-hydrogen) atoms. The molecule has 2 heterocycles. The number of pyridine rings is 1. The number of carbonyl (C=O) groups excluding carboxylic acids is 2. The van der Waals surface area contributed by atoms with Gasteiger partial charge in [0.2, 0.25) is 0 Å². The van der Waals surface area contributed by atoms with Crippen molar-refractivity contribution in [3.63, 3.8) is 0 Å². The Morgan fingerprint density at radius 3 is 2.71 bits per heavy atom. The highest BCUT2D eigenvalue weighted by atomic mass is 35.5. The number of nitrogens with zero attached hydrogens (tertiary/aromatic N) is 2. The van der Waals surface area contributed by atoms with E-state index in [0.717, 1.165) is 0 Å². The molecule has 2 aromatic heterocycles. The van der Waals surface area contributed by atoms with E-state index in [-0.39, 0.29) is 22.3 Å². The Morgan fingerprint density at radius 2 is 2.08 bits per heavy atom. The normalized spacial score (nSPS) is 10.8. The Morgan fingerprint density at radius 1 is 1.38 bits per heavy atom. The van der Waals surface area contributed by atoms with Gasteiger partial charge >= 0.3 is 5.97 Å². The van der Waals surface area contributed by atoms with Gasteiger partial charge in [-0.25, -0.2) is 9.78 Å². The molecule has 2 aromatic rings. The minimum absolute atomic E-state index is 0.0420. The number of hydrogen-bond acceptors (Lipinski definition) is 6. The maximum atomic E-state index is 12.2. The molecule has 0 aliphatic carbocycles. The topological polar surface area (TPSA) is 94.3 Å². The smallest absolute Gasteiger partial charge is 0.344 e. The minimum atomic E-state index is -0.678. The second-order valence-electron chi connectivity index (χ2n) is 5.27. The zero-order chi connectivity index (χ0) is 17.9. The van der Waals surface area contributed by atoms with Crippen LogP contribution in [0.3, 0.4) is 0 Å². The van der Waals surface area contributed by atoms with Gasteiger partial charge in [-0.15, -0.1) is 0 Å². The van der Waals surface area contributed by atoms with E-state index in [1.807, 2.05) is 13.8 Å². The Labute approximate surface area is 148 Å². The predicted octanol–water partition coefficient (Wildman–Crippen LogP) is 3.60.